The Hall–Kier alpha value is -0.810. The molecule has 2 amide bonds. The number of aliphatic hydroxyl groups excluding tert-OH is 1. The first-order valence-corrected chi connectivity index (χ1v) is 5.93. The Bertz CT molecular complexity index is 197. The second-order valence-corrected chi connectivity index (χ2v) is 4.29. The Labute approximate surface area is 96.6 Å². The van der Waals surface area contributed by atoms with Crippen LogP contribution >= 0.6 is 0 Å². The van der Waals surface area contributed by atoms with E-state index in [2.05, 4.69) is 10.6 Å². The average Bonchev–Trinajstić information content (AvgIpc) is 2.29. The quantitative estimate of drug-likeness (QED) is 0.648. The fourth-order valence-electron chi connectivity index (χ4n) is 2.00. The molecule has 0 aliphatic heterocycles. The lowest BCUT2D eigenvalue weighted by atomic mass is 9.96. The van der Waals surface area contributed by atoms with E-state index in [4.69, 9.17) is 9.84 Å². The van der Waals surface area contributed by atoms with Crippen LogP contribution in [0.4, 0.5) is 4.79 Å². The normalized spacial score (nSPS) is 19.1. The number of rotatable bonds is 5. The Balaban J connectivity index is 2.22. The number of hydrogen-bond acceptors (Lipinski definition) is 3. The highest BCUT2D eigenvalue weighted by atomic mass is 16.5. The summed E-state index contributed by atoms with van der Waals surface area (Å²) in [7, 11) is 1.55. The van der Waals surface area contributed by atoms with E-state index in [0.29, 0.717) is 6.61 Å². The van der Waals surface area contributed by atoms with Crippen LogP contribution in [0.15, 0.2) is 0 Å². The van der Waals surface area contributed by atoms with E-state index in [1.54, 1.807) is 7.11 Å². The molecule has 0 aromatic heterocycles. The van der Waals surface area contributed by atoms with E-state index in [-0.39, 0.29) is 24.7 Å². The summed E-state index contributed by atoms with van der Waals surface area (Å²) in [6, 6.07) is -0.243. The van der Waals surface area contributed by atoms with Gasteiger partial charge in [-0.2, -0.15) is 0 Å². The predicted molar refractivity (Wildman–Crippen MR) is 61.3 cm³/mol. The zero-order chi connectivity index (χ0) is 11.8. The zero-order valence-electron chi connectivity index (χ0n) is 9.87. The second kappa shape index (κ2) is 7.46. The van der Waals surface area contributed by atoms with Gasteiger partial charge in [-0.1, -0.05) is 19.3 Å². The van der Waals surface area contributed by atoms with Gasteiger partial charge in [-0.15, -0.1) is 0 Å². The third kappa shape index (κ3) is 4.81. The van der Waals surface area contributed by atoms with Crippen molar-refractivity contribution >= 4 is 6.03 Å². The van der Waals surface area contributed by atoms with E-state index in [1.807, 2.05) is 0 Å². The lowest BCUT2D eigenvalue weighted by Gasteiger charge is -2.24. The maximum Gasteiger partial charge on any atom is 0.315 e. The molecule has 3 N–H and O–H groups in total. The van der Waals surface area contributed by atoms with Crippen LogP contribution in [0, 0.1) is 0 Å². The van der Waals surface area contributed by atoms with Crippen molar-refractivity contribution in [3.8, 4) is 0 Å². The summed E-state index contributed by atoms with van der Waals surface area (Å²) < 4.78 is 4.88. The van der Waals surface area contributed by atoms with Crippen molar-refractivity contribution in [3.05, 3.63) is 0 Å². The highest BCUT2D eigenvalue weighted by Crippen LogP contribution is 2.17. The summed E-state index contributed by atoms with van der Waals surface area (Å²) >= 11 is 0. The average molecular weight is 230 g/mol. The van der Waals surface area contributed by atoms with Crippen LogP contribution in [0.25, 0.3) is 0 Å². The van der Waals surface area contributed by atoms with Crippen molar-refractivity contribution in [3.63, 3.8) is 0 Å². The van der Waals surface area contributed by atoms with Crippen LogP contribution in [0.2, 0.25) is 0 Å². The van der Waals surface area contributed by atoms with E-state index in [9.17, 15) is 4.79 Å². The minimum absolute atomic E-state index is 0.105. The van der Waals surface area contributed by atoms with E-state index < -0.39 is 0 Å². The van der Waals surface area contributed by atoms with Crippen molar-refractivity contribution in [2.45, 2.75) is 44.2 Å². The van der Waals surface area contributed by atoms with Gasteiger partial charge in [0.15, 0.2) is 0 Å². The molecule has 0 aromatic rings. The number of urea groups is 1. The fraction of sp³-hybridized carbons (Fsp3) is 0.909. The molecule has 1 aliphatic carbocycles. The predicted octanol–water partition coefficient (Wildman–Crippen LogP) is 0.626. The van der Waals surface area contributed by atoms with Gasteiger partial charge in [-0.3, -0.25) is 0 Å². The lowest BCUT2D eigenvalue weighted by molar-refractivity contribution is 0.130. The number of hydrogen-bond donors (Lipinski definition) is 3. The van der Waals surface area contributed by atoms with Crippen LogP contribution in [0.5, 0.6) is 0 Å². The molecular formula is C11H22N2O3. The summed E-state index contributed by atoms with van der Waals surface area (Å²) in [5.41, 5.74) is 0. The minimum atomic E-state index is -0.325. The summed E-state index contributed by atoms with van der Waals surface area (Å²) in [6.07, 6.45) is 5.75. The zero-order valence-corrected chi connectivity index (χ0v) is 9.87. The third-order valence-corrected chi connectivity index (χ3v) is 2.86. The molecule has 1 fully saturated rings. The summed E-state index contributed by atoms with van der Waals surface area (Å²) in [5.74, 6) is 0. The Morgan fingerprint density at radius 3 is 2.69 bits per heavy atom. The molecule has 0 radical (unpaired) electrons. The first kappa shape index (κ1) is 13.3. The number of aliphatic hydroxyl groups is 1. The maximum absolute atomic E-state index is 11.6. The van der Waals surface area contributed by atoms with Gasteiger partial charge < -0.3 is 20.5 Å². The second-order valence-electron chi connectivity index (χ2n) is 4.29. The summed E-state index contributed by atoms with van der Waals surface area (Å²) in [5, 5.41) is 14.6. The molecule has 5 heteroatoms. The molecule has 0 heterocycles. The highest BCUT2D eigenvalue weighted by molar-refractivity contribution is 5.74. The lowest BCUT2D eigenvalue weighted by Crippen LogP contribution is -2.49. The van der Waals surface area contributed by atoms with E-state index in [1.165, 1.54) is 19.3 Å². The number of carbonyl (C=O) groups is 1. The summed E-state index contributed by atoms with van der Waals surface area (Å²) in [6.45, 7) is 0.223. The number of methoxy groups -OCH3 is 1. The topological polar surface area (TPSA) is 70.6 Å². The molecule has 94 valence electrons. The van der Waals surface area contributed by atoms with Crippen LogP contribution in [0.3, 0.4) is 0 Å². The number of ether oxygens (including phenoxy) is 1. The van der Waals surface area contributed by atoms with Gasteiger partial charge in [0.05, 0.1) is 19.3 Å². The molecule has 5 nitrogen and oxygen atoms in total. The molecule has 16 heavy (non-hydrogen) atoms. The molecular weight excluding hydrogens is 208 g/mol. The monoisotopic (exact) mass is 230 g/mol. The van der Waals surface area contributed by atoms with Crippen molar-refractivity contribution in [1.29, 1.82) is 0 Å². The number of carbonyl (C=O) groups excluding carboxylic acids is 1. The van der Waals surface area contributed by atoms with Crippen LogP contribution in [-0.2, 0) is 4.74 Å². The molecule has 1 atom stereocenters. The van der Waals surface area contributed by atoms with E-state index in [0.717, 1.165) is 12.8 Å². The maximum atomic E-state index is 11.6. The van der Waals surface area contributed by atoms with Crippen LogP contribution in [-0.4, -0.2) is 43.5 Å². The standard InChI is InChI=1S/C11H22N2O3/c1-16-8-10(7-14)13-11(15)12-9-5-3-2-4-6-9/h9-10,14H,2-8H2,1H3,(H2,12,13,15). The molecule has 1 aliphatic rings. The Morgan fingerprint density at radius 2 is 2.12 bits per heavy atom. The van der Waals surface area contributed by atoms with Crippen molar-refractivity contribution in [2.75, 3.05) is 20.3 Å². The molecule has 1 saturated carbocycles. The van der Waals surface area contributed by atoms with Gasteiger partial charge in [0.1, 0.15) is 0 Å². The Morgan fingerprint density at radius 1 is 1.44 bits per heavy atom. The van der Waals surface area contributed by atoms with Gasteiger partial charge in [0, 0.05) is 13.2 Å². The Kier molecular flexibility index (Phi) is 6.18. The van der Waals surface area contributed by atoms with Gasteiger partial charge >= 0.3 is 6.03 Å². The largest absolute Gasteiger partial charge is 0.394 e. The smallest absolute Gasteiger partial charge is 0.315 e. The van der Waals surface area contributed by atoms with Gasteiger partial charge in [0.25, 0.3) is 0 Å². The molecule has 1 rings (SSSR count). The van der Waals surface area contributed by atoms with Crippen LogP contribution in [0.1, 0.15) is 32.1 Å². The van der Waals surface area contributed by atoms with Gasteiger partial charge in [-0.05, 0) is 12.8 Å². The van der Waals surface area contributed by atoms with Crippen molar-refractivity contribution < 1.29 is 14.6 Å². The molecule has 0 aromatic carbocycles. The first-order chi connectivity index (χ1) is 7.76. The summed E-state index contributed by atoms with van der Waals surface area (Å²) in [4.78, 5) is 11.6. The fourth-order valence-corrected chi connectivity index (χ4v) is 2.00. The molecule has 1 unspecified atom stereocenters. The number of amides is 2. The molecule has 0 saturated heterocycles. The van der Waals surface area contributed by atoms with Crippen molar-refractivity contribution in [2.24, 2.45) is 0 Å². The molecule has 0 bridgehead atoms. The van der Waals surface area contributed by atoms with Gasteiger partial charge in [0.2, 0.25) is 0 Å². The molecule has 0 spiro atoms. The highest BCUT2D eigenvalue weighted by Gasteiger charge is 2.17. The first-order valence-electron chi connectivity index (χ1n) is 5.93. The minimum Gasteiger partial charge on any atom is -0.394 e. The van der Waals surface area contributed by atoms with Crippen molar-refractivity contribution in [1.82, 2.24) is 10.6 Å². The third-order valence-electron chi connectivity index (χ3n) is 2.86. The SMILES string of the molecule is COCC(CO)NC(=O)NC1CCCCC1. The van der Waals surface area contributed by atoms with Crippen LogP contribution < -0.4 is 10.6 Å². The van der Waals surface area contributed by atoms with E-state index >= 15 is 0 Å². The number of nitrogens with one attached hydrogen (secondary N) is 2. The van der Waals surface area contributed by atoms with Gasteiger partial charge in [-0.25, -0.2) is 4.79 Å².